The molecule has 2 aromatic heterocycles. The second-order valence-electron chi connectivity index (χ2n) is 8.34. The molecule has 1 aliphatic rings. The van der Waals surface area contributed by atoms with Crippen LogP contribution in [0.2, 0.25) is 0 Å². The fraction of sp³-hybridized carbons (Fsp3) is 0.429. The SMILES string of the molecule is Cc1cc2c(o1)CC(C)(C)CC2NC(=O)C(Cc1ccccc1)n1cnnn1. The van der Waals surface area contributed by atoms with Crippen molar-refractivity contribution in [2.45, 2.75) is 52.1 Å². The molecule has 1 aromatic carbocycles. The smallest absolute Gasteiger partial charge is 0.245 e. The lowest BCUT2D eigenvalue weighted by atomic mass is 9.74. The van der Waals surface area contributed by atoms with Gasteiger partial charge >= 0.3 is 0 Å². The minimum Gasteiger partial charge on any atom is -0.466 e. The van der Waals surface area contributed by atoms with Gasteiger partial charge in [-0.3, -0.25) is 4.79 Å². The van der Waals surface area contributed by atoms with E-state index in [1.165, 1.54) is 11.0 Å². The van der Waals surface area contributed by atoms with E-state index in [1.54, 1.807) is 0 Å². The van der Waals surface area contributed by atoms with E-state index in [2.05, 4.69) is 34.7 Å². The molecule has 2 atom stereocenters. The zero-order chi connectivity index (χ0) is 19.7. The number of nitrogens with zero attached hydrogens (tertiary/aromatic N) is 4. The molecule has 3 aromatic rings. The number of nitrogens with one attached hydrogen (secondary N) is 1. The van der Waals surface area contributed by atoms with Crippen LogP contribution >= 0.6 is 0 Å². The molecule has 2 heterocycles. The highest BCUT2D eigenvalue weighted by atomic mass is 16.3. The lowest BCUT2D eigenvalue weighted by molar-refractivity contribution is -0.125. The Kier molecular flexibility index (Phi) is 4.75. The van der Waals surface area contributed by atoms with Crippen LogP contribution in [0.1, 0.15) is 55.0 Å². The lowest BCUT2D eigenvalue weighted by Gasteiger charge is -2.35. The molecule has 0 aliphatic heterocycles. The molecule has 7 heteroatoms. The standard InChI is InChI=1S/C21H25N5O2/c1-14-9-16-17(11-21(2,3)12-19(16)28-14)23-20(27)18(26-13-22-24-25-26)10-15-7-5-4-6-8-15/h4-9,13,17-18H,10-12H2,1-3H3,(H,23,27). The van der Waals surface area contributed by atoms with E-state index in [1.807, 2.05) is 43.3 Å². The summed E-state index contributed by atoms with van der Waals surface area (Å²) in [6.07, 6.45) is 3.75. The fourth-order valence-corrected chi connectivity index (χ4v) is 4.04. The van der Waals surface area contributed by atoms with Crippen molar-refractivity contribution in [3.63, 3.8) is 0 Å². The average molecular weight is 379 g/mol. The fourth-order valence-electron chi connectivity index (χ4n) is 4.04. The van der Waals surface area contributed by atoms with E-state index < -0.39 is 6.04 Å². The molecule has 146 valence electrons. The summed E-state index contributed by atoms with van der Waals surface area (Å²) in [5, 5.41) is 14.6. The van der Waals surface area contributed by atoms with E-state index in [0.29, 0.717) is 6.42 Å². The van der Waals surface area contributed by atoms with Crippen LogP contribution < -0.4 is 5.32 Å². The van der Waals surface area contributed by atoms with Gasteiger partial charge in [-0.15, -0.1) is 5.10 Å². The van der Waals surface area contributed by atoms with E-state index in [9.17, 15) is 4.79 Å². The zero-order valence-electron chi connectivity index (χ0n) is 16.4. The number of carbonyl (C=O) groups excluding carboxylic acids is 1. The highest BCUT2D eigenvalue weighted by molar-refractivity contribution is 5.81. The van der Waals surface area contributed by atoms with Crippen LogP contribution in [0, 0.1) is 12.3 Å². The van der Waals surface area contributed by atoms with Gasteiger partial charge in [0.15, 0.2) is 0 Å². The van der Waals surface area contributed by atoms with E-state index in [0.717, 1.165) is 35.5 Å². The summed E-state index contributed by atoms with van der Waals surface area (Å²) >= 11 is 0. The van der Waals surface area contributed by atoms with Crippen molar-refractivity contribution in [2.75, 3.05) is 0 Å². The van der Waals surface area contributed by atoms with Crippen molar-refractivity contribution in [1.29, 1.82) is 0 Å². The predicted octanol–water partition coefficient (Wildman–Crippen LogP) is 3.19. The Balaban J connectivity index is 1.59. The van der Waals surface area contributed by atoms with Gasteiger partial charge in [0.05, 0.1) is 6.04 Å². The van der Waals surface area contributed by atoms with Crippen LogP contribution in [0.3, 0.4) is 0 Å². The van der Waals surface area contributed by atoms with Gasteiger partial charge in [0.25, 0.3) is 0 Å². The van der Waals surface area contributed by atoms with Crippen LogP contribution in [-0.2, 0) is 17.6 Å². The minimum absolute atomic E-state index is 0.0545. The van der Waals surface area contributed by atoms with Crippen molar-refractivity contribution in [2.24, 2.45) is 5.41 Å². The number of aromatic nitrogens is 4. The highest BCUT2D eigenvalue weighted by Crippen LogP contribution is 2.42. The molecule has 2 unspecified atom stereocenters. The average Bonchev–Trinajstić information content (AvgIpc) is 3.29. The van der Waals surface area contributed by atoms with Gasteiger partial charge in [0, 0.05) is 18.4 Å². The molecular weight excluding hydrogens is 354 g/mol. The quantitative estimate of drug-likeness (QED) is 0.736. The molecule has 1 aliphatic carbocycles. The monoisotopic (exact) mass is 379 g/mol. The highest BCUT2D eigenvalue weighted by Gasteiger charge is 2.36. The first-order chi connectivity index (χ1) is 13.4. The predicted molar refractivity (Wildman–Crippen MR) is 103 cm³/mol. The lowest BCUT2D eigenvalue weighted by Crippen LogP contribution is -2.40. The number of aryl methyl sites for hydroxylation is 1. The van der Waals surface area contributed by atoms with Crippen LogP contribution in [0.4, 0.5) is 0 Å². The summed E-state index contributed by atoms with van der Waals surface area (Å²) < 4.78 is 7.42. The summed E-state index contributed by atoms with van der Waals surface area (Å²) in [5.74, 6) is 1.76. The number of hydrogen-bond donors (Lipinski definition) is 1. The number of amides is 1. The summed E-state index contributed by atoms with van der Waals surface area (Å²) in [6.45, 7) is 6.36. The molecule has 0 saturated heterocycles. The number of rotatable bonds is 5. The number of furan rings is 1. The Bertz CT molecular complexity index is 947. The molecule has 0 saturated carbocycles. The maximum absolute atomic E-state index is 13.3. The van der Waals surface area contributed by atoms with Crippen molar-refractivity contribution in [3.8, 4) is 0 Å². The third-order valence-corrected chi connectivity index (χ3v) is 5.31. The van der Waals surface area contributed by atoms with Crippen LogP contribution in [0.25, 0.3) is 0 Å². The maximum Gasteiger partial charge on any atom is 0.245 e. The molecule has 0 radical (unpaired) electrons. The van der Waals surface area contributed by atoms with E-state index >= 15 is 0 Å². The molecule has 0 fully saturated rings. The Hall–Kier alpha value is -2.96. The van der Waals surface area contributed by atoms with Crippen molar-refractivity contribution in [3.05, 3.63) is 65.4 Å². The van der Waals surface area contributed by atoms with Gasteiger partial charge in [-0.05, 0) is 40.8 Å². The van der Waals surface area contributed by atoms with Gasteiger partial charge in [-0.1, -0.05) is 44.2 Å². The Morgan fingerprint density at radius 1 is 1.36 bits per heavy atom. The Labute approximate surface area is 164 Å². The van der Waals surface area contributed by atoms with Crippen molar-refractivity contribution in [1.82, 2.24) is 25.5 Å². The maximum atomic E-state index is 13.3. The van der Waals surface area contributed by atoms with Crippen molar-refractivity contribution >= 4 is 5.91 Å². The zero-order valence-corrected chi connectivity index (χ0v) is 16.4. The van der Waals surface area contributed by atoms with Crippen molar-refractivity contribution < 1.29 is 9.21 Å². The number of hydrogen-bond acceptors (Lipinski definition) is 5. The van der Waals surface area contributed by atoms with Gasteiger partial charge in [0.2, 0.25) is 5.91 Å². The van der Waals surface area contributed by atoms with E-state index in [4.69, 9.17) is 4.42 Å². The van der Waals surface area contributed by atoms with E-state index in [-0.39, 0.29) is 17.4 Å². The first-order valence-corrected chi connectivity index (χ1v) is 9.57. The first kappa shape index (κ1) is 18.4. The summed E-state index contributed by atoms with van der Waals surface area (Å²) in [7, 11) is 0. The third-order valence-electron chi connectivity index (χ3n) is 5.31. The van der Waals surface area contributed by atoms with Crippen LogP contribution in [0.15, 0.2) is 47.1 Å². The summed E-state index contributed by atoms with van der Waals surface area (Å²) in [5.41, 5.74) is 2.20. The molecule has 0 bridgehead atoms. The third kappa shape index (κ3) is 3.83. The topological polar surface area (TPSA) is 85.8 Å². The Morgan fingerprint density at radius 2 is 2.14 bits per heavy atom. The molecule has 28 heavy (non-hydrogen) atoms. The second-order valence-corrected chi connectivity index (χ2v) is 8.34. The first-order valence-electron chi connectivity index (χ1n) is 9.57. The largest absolute Gasteiger partial charge is 0.466 e. The Morgan fingerprint density at radius 3 is 2.86 bits per heavy atom. The van der Waals surface area contributed by atoms with Gasteiger partial charge in [-0.2, -0.15) is 0 Å². The summed E-state index contributed by atoms with van der Waals surface area (Å²) in [6, 6.07) is 11.3. The number of fused-ring (bicyclic) bond motifs is 1. The minimum atomic E-state index is -0.515. The van der Waals surface area contributed by atoms with Gasteiger partial charge < -0.3 is 9.73 Å². The summed E-state index contributed by atoms with van der Waals surface area (Å²) in [4.78, 5) is 13.3. The molecule has 0 spiro atoms. The van der Waals surface area contributed by atoms with Crippen LogP contribution in [-0.4, -0.2) is 26.1 Å². The van der Waals surface area contributed by atoms with Gasteiger partial charge in [-0.25, -0.2) is 4.68 Å². The molecular formula is C21H25N5O2. The number of carbonyl (C=O) groups is 1. The molecule has 1 amide bonds. The molecule has 1 N–H and O–H groups in total. The van der Waals surface area contributed by atoms with Gasteiger partial charge in [0.1, 0.15) is 23.9 Å². The number of tetrazole rings is 1. The molecule has 7 nitrogen and oxygen atoms in total. The number of benzene rings is 1. The van der Waals surface area contributed by atoms with Crippen LogP contribution in [0.5, 0.6) is 0 Å². The molecule has 4 rings (SSSR count). The second kappa shape index (κ2) is 7.22. The normalized spacial score (nSPS) is 19.0.